The smallest absolute Gasteiger partial charge is 0.255 e. The van der Waals surface area contributed by atoms with Gasteiger partial charge in [0.25, 0.3) is 5.91 Å². The third-order valence-corrected chi connectivity index (χ3v) is 4.28. The first-order chi connectivity index (χ1) is 9.47. The average molecular weight is 418 g/mol. The molecule has 5 heteroatoms. The van der Waals surface area contributed by atoms with Crippen molar-refractivity contribution in [3.05, 3.63) is 67.6 Å². The summed E-state index contributed by atoms with van der Waals surface area (Å²) in [5.74, 6) is -0.0341. The number of hydrogen-bond acceptors (Lipinski definition) is 1. The van der Waals surface area contributed by atoms with E-state index in [1.807, 2.05) is 42.5 Å². The lowest BCUT2D eigenvalue weighted by Gasteiger charge is -2.18. The van der Waals surface area contributed by atoms with Crippen LogP contribution in [-0.2, 0) is 6.54 Å². The van der Waals surface area contributed by atoms with Crippen LogP contribution in [-0.4, -0.2) is 17.9 Å². The zero-order valence-corrected chi connectivity index (χ0v) is 14.7. The van der Waals surface area contributed by atoms with E-state index in [1.54, 1.807) is 11.9 Å². The van der Waals surface area contributed by atoms with Crippen molar-refractivity contribution in [2.24, 2.45) is 0 Å². The Kier molecular flexibility index (Phi) is 5.24. The van der Waals surface area contributed by atoms with E-state index < -0.39 is 0 Å². The molecule has 0 saturated heterocycles. The van der Waals surface area contributed by atoms with Gasteiger partial charge in [-0.2, -0.15) is 0 Å². The predicted molar refractivity (Wildman–Crippen MR) is 89.1 cm³/mol. The number of amides is 1. The molecule has 20 heavy (non-hydrogen) atoms. The monoisotopic (exact) mass is 415 g/mol. The normalized spacial score (nSPS) is 10.4. The van der Waals surface area contributed by atoms with Gasteiger partial charge in [-0.25, -0.2) is 0 Å². The van der Waals surface area contributed by atoms with E-state index in [0.29, 0.717) is 17.1 Å². The van der Waals surface area contributed by atoms with E-state index in [1.165, 1.54) is 0 Å². The second-order valence-electron chi connectivity index (χ2n) is 4.41. The summed E-state index contributed by atoms with van der Waals surface area (Å²) in [5.41, 5.74) is 1.67. The number of nitrogens with zero attached hydrogens (tertiary/aromatic N) is 1. The second kappa shape index (κ2) is 6.74. The molecule has 0 aliphatic rings. The first-order valence-electron chi connectivity index (χ1n) is 5.92. The molecule has 0 bridgehead atoms. The van der Waals surface area contributed by atoms with Crippen LogP contribution in [0.2, 0.25) is 5.02 Å². The summed E-state index contributed by atoms with van der Waals surface area (Å²) >= 11 is 12.6. The molecule has 0 radical (unpaired) electrons. The molecule has 0 N–H and O–H groups in total. The van der Waals surface area contributed by atoms with Gasteiger partial charge in [0.1, 0.15) is 0 Å². The summed E-state index contributed by atoms with van der Waals surface area (Å²) < 4.78 is 1.66. The van der Waals surface area contributed by atoms with Crippen molar-refractivity contribution < 1.29 is 4.79 Å². The van der Waals surface area contributed by atoms with Gasteiger partial charge in [-0.1, -0.05) is 39.7 Å². The van der Waals surface area contributed by atoms with Crippen molar-refractivity contribution in [1.82, 2.24) is 4.90 Å². The van der Waals surface area contributed by atoms with E-state index in [2.05, 4.69) is 31.9 Å². The van der Waals surface area contributed by atoms with E-state index in [9.17, 15) is 4.79 Å². The number of carbonyl (C=O) groups excluding carboxylic acids is 1. The summed E-state index contributed by atoms with van der Waals surface area (Å²) in [4.78, 5) is 14.1. The molecule has 2 aromatic carbocycles. The van der Waals surface area contributed by atoms with Crippen LogP contribution in [0.1, 0.15) is 15.9 Å². The van der Waals surface area contributed by atoms with Crippen molar-refractivity contribution >= 4 is 49.4 Å². The van der Waals surface area contributed by atoms with Gasteiger partial charge in [0, 0.05) is 27.6 Å². The lowest BCUT2D eigenvalue weighted by atomic mass is 10.1. The van der Waals surface area contributed by atoms with Crippen LogP contribution in [0.5, 0.6) is 0 Å². The Morgan fingerprint density at radius 3 is 2.45 bits per heavy atom. The van der Waals surface area contributed by atoms with E-state index >= 15 is 0 Å². The molecule has 0 aliphatic heterocycles. The summed E-state index contributed by atoms with van der Waals surface area (Å²) in [7, 11) is 1.78. The summed E-state index contributed by atoms with van der Waals surface area (Å²) in [6.45, 7) is 0.537. The van der Waals surface area contributed by atoms with Crippen molar-refractivity contribution in [3.8, 4) is 0 Å². The zero-order chi connectivity index (χ0) is 14.7. The number of hydrogen-bond donors (Lipinski definition) is 0. The Labute approximate surface area is 140 Å². The fourth-order valence-corrected chi connectivity index (χ4v) is 2.71. The number of rotatable bonds is 3. The molecular weight excluding hydrogens is 405 g/mol. The maximum atomic E-state index is 12.4. The molecule has 0 atom stereocenters. The van der Waals surface area contributed by atoms with Gasteiger partial charge >= 0.3 is 0 Å². The molecule has 0 unspecified atom stereocenters. The molecule has 0 saturated carbocycles. The van der Waals surface area contributed by atoms with E-state index in [4.69, 9.17) is 11.6 Å². The molecule has 2 rings (SSSR count). The minimum absolute atomic E-state index is 0.0341. The standard InChI is InChI=1S/C15H12Br2ClNO/c1-19(9-10-2-5-12(18)6-3-10)15(20)13-8-11(16)4-7-14(13)17/h2-8H,9H2,1H3. The molecule has 2 nitrogen and oxygen atoms in total. The molecule has 2 aromatic rings. The summed E-state index contributed by atoms with van der Waals surface area (Å²) in [6, 6.07) is 13.0. The van der Waals surface area contributed by atoms with Gasteiger partial charge in [0.15, 0.2) is 0 Å². The van der Waals surface area contributed by atoms with Crippen LogP contribution in [0.15, 0.2) is 51.4 Å². The van der Waals surface area contributed by atoms with Crippen LogP contribution in [0.3, 0.4) is 0 Å². The quantitative estimate of drug-likeness (QED) is 0.677. The molecule has 0 fully saturated rings. The highest BCUT2D eigenvalue weighted by Crippen LogP contribution is 2.23. The topological polar surface area (TPSA) is 20.3 Å². The maximum absolute atomic E-state index is 12.4. The van der Waals surface area contributed by atoms with Crippen molar-refractivity contribution in [2.75, 3.05) is 7.05 Å². The molecule has 104 valence electrons. The van der Waals surface area contributed by atoms with E-state index in [0.717, 1.165) is 14.5 Å². The van der Waals surface area contributed by atoms with E-state index in [-0.39, 0.29) is 5.91 Å². The fourth-order valence-electron chi connectivity index (χ4n) is 1.80. The SMILES string of the molecule is CN(Cc1ccc(Cl)cc1)C(=O)c1cc(Br)ccc1Br. The zero-order valence-electron chi connectivity index (χ0n) is 10.7. The van der Waals surface area contributed by atoms with Gasteiger partial charge < -0.3 is 4.90 Å². The highest BCUT2D eigenvalue weighted by molar-refractivity contribution is 9.11. The van der Waals surface area contributed by atoms with Crippen molar-refractivity contribution in [2.45, 2.75) is 6.54 Å². The largest absolute Gasteiger partial charge is 0.337 e. The Hall–Kier alpha value is -0.840. The molecule has 1 amide bonds. The van der Waals surface area contributed by atoms with Crippen LogP contribution in [0.25, 0.3) is 0 Å². The molecule has 0 aromatic heterocycles. The second-order valence-corrected chi connectivity index (χ2v) is 6.62. The highest BCUT2D eigenvalue weighted by Gasteiger charge is 2.15. The first-order valence-corrected chi connectivity index (χ1v) is 7.89. The predicted octanol–water partition coefficient (Wildman–Crippen LogP) is 5.14. The van der Waals surface area contributed by atoms with Crippen LogP contribution < -0.4 is 0 Å². The number of carbonyl (C=O) groups is 1. The van der Waals surface area contributed by atoms with Gasteiger partial charge in [-0.05, 0) is 51.8 Å². The lowest BCUT2D eigenvalue weighted by Crippen LogP contribution is -2.26. The molecule has 0 spiro atoms. The number of halogens is 3. The Bertz CT molecular complexity index is 628. The third-order valence-electron chi connectivity index (χ3n) is 2.84. The van der Waals surface area contributed by atoms with Crippen molar-refractivity contribution in [1.29, 1.82) is 0 Å². The van der Waals surface area contributed by atoms with Crippen molar-refractivity contribution in [3.63, 3.8) is 0 Å². The minimum atomic E-state index is -0.0341. The van der Waals surface area contributed by atoms with Crippen LogP contribution >= 0.6 is 43.5 Å². The molecular formula is C15H12Br2ClNO. The highest BCUT2D eigenvalue weighted by atomic mass is 79.9. The lowest BCUT2D eigenvalue weighted by molar-refractivity contribution is 0.0784. The van der Waals surface area contributed by atoms with Gasteiger partial charge in [0.05, 0.1) is 5.56 Å². The average Bonchev–Trinajstić information content (AvgIpc) is 2.43. The van der Waals surface area contributed by atoms with Crippen LogP contribution in [0, 0.1) is 0 Å². The Morgan fingerprint density at radius 1 is 1.15 bits per heavy atom. The van der Waals surface area contributed by atoms with Gasteiger partial charge in [-0.3, -0.25) is 4.79 Å². The molecule has 0 aliphatic carbocycles. The molecule has 0 heterocycles. The maximum Gasteiger partial charge on any atom is 0.255 e. The summed E-state index contributed by atoms with van der Waals surface area (Å²) in [6.07, 6.45) is 0. The first kappa shape index (κ1) is 15.5. The minimum Gasteiger partial charge on any atom is -0.337 e. The Balaban J connectivity index is 2.16. The van der Waals surface area contributed by atoms with Gasteiger partial charge in [0.2, 0.25) is 0 Å². The van der Waals surface area contributed by atoms with Crippen LogP contribution in [0.4, 0.5) is 0 Å². The van der Waals surface area contributed by atoms with Gasteiger partial charge in [-0.15, -0.1) is 0 Å². The third kappa shape index (κ3) is 3.84. The summed E-state index contributed by atoms with van der Waals surface area (Å²) in [5, 5.41) is 0.692. The number of benzene rings is 2. The fraction of sp³-hybridized carbons (Fsp3) is 0.133. The Morgan fingerprint density at radius 2 is 1.80 bits per heavy atom.